The van der Waals surface area contributed by atoms with E-state index in [1.54, 1.807) is 12.3 Å². The van der Waals surface area contributed by atoms with E-state index in [-0.39, 0.29) is 41.6 Å². The number of hydrogen-bond acceptors (Lipinski definition) is 7. The number of nitrogens with zero attached hydrogens (tertiary/aromatic N) is 5. The fourth-order valence-electron chi connectivity index (χ4n) is 3.42. The summed E-state index contributed by atoms with van der Waals surface area (Å²) in [4.78, 5) is 27.1. The van der Waals surface area contributed by atoms with Gasteiger partial charge in [-0.25, -0.2) is 23.7 Å². The third-order valence-corrected chi connectivity index (χ3v) is 4.91. The molecule has 4 heterocycles. The third kappa shape index (κ3) is 3.49. The quantitative estimate of drug-likeness (QED) is 0.434. The molecule has 1 aromatic carbocycles. The molecule has 0 atom stereocenters. The molecule has 4 aromatic heterocycles. The van der Waals surface area contributed by atoms with Crippen molar-refractivity contribution in [1.29, 1.82) is 0 Å². The normalized spacial score (nSPS) is 11.3. The van der Waals surface area contributed by atoms with E-state index in [1.807, 2.05) is 0 Å². The molecule has 0 spiro atoms. The number of pyridine rings is 1. The minimum atomic E-state index is -0.691. The Morgan fingerprint density at radius 2 is 1.88 bits per heavy atom. The van der Waals surface area contributed by atoms with Crippen LogP contribution < -0.4 is 11.3 Å². The standard InChI is InChI=1S/C21H15F2N7O2/c22-14-2-1-3-15(23)12(14)9-16-27-19-13(8-11-4-5-17(31)26-10-11)18(20-25-6-7-32-20)28-21(24)30(19)29-16/h1-7,10H,8-9H2,(H2,24,28)(H,26,31). The van der Waals surface area contributed by atoms with E-state index in [2.05, 4.69) is 25.0 Å². The number of aromatic amines is 1. The minimum Gasteiger partial charge on any atom is -0.443 e. The van der Waals surface area contributed by atoms with E-state index in [9.17, 15) is 13.6 Å². The molecule has 0 aliphatic carbocycles. The van der Waals surface area contributed by atoms with Gasteiger partial charge in [0.1, 0.15) is 23.6 Å². The molecule has 0 radical (unpaired) electrons. The van der Waals surface area contributed by atoms with Gasteiger partial charge in [0.15, 0.2) is 11.5 Å². The monoisotopic (exact) mass is 435 g/mol. The predicted octanol–water partition coefficient (Wildman–Crippen LogP) is 2.51. The molecule has 0 saturated heterocycles. The van der Waals surface area contributed by atoms with Crippen molar-refractivity contribution in [2.45, 2.75) is 12.8 Å². The highest BCUT2D eigenvalue weighted by atomic mass is 19.1. The van der Waals surface area contributed by atoms with Crippen LogP contribution >= 0.6 is 0 Å². The molecule has 0 fully saturated rings. The summed E-state index contributed by atoms with van der Waals surface area (Å²) in [5.74, 6) is -0.989. The maximum atomic E-state index is 14.1. The largest absolute Gasteiger partial charge is 0.443 e. The number of hydrogen-bond donors (Lipinski definition) is 2. The van der Waals surface area contributed by atoms with Gasteiger partial charge in [-0.15, -0.1) is 5.10 Å². The second-order valence-electron chi connectivity index (χ2n) is 7.01. The summed E-state index contributed by atoms with van der Waals surface area (Å²) in [7, 11) is 0. The Morgan fingerprint density at radius 3 is 2.56 bits per heavy atom. The number of nitrogens with two attached hydrogens (primary N) is 1. The van der Waals surface area contributed by atoms with E-state index in [0.29, 0.717) is 16.9 Å². The number of oxazole rings is 1. The van der Waals surface area contributed by atoms with Gasteiger partial charge in [0.05, 0.1) is 6.20 Å². The van der Waals surface area contributed by atoms with E-state index < -0.39 is 11.6 Å². The number of nitrogen functional groups attached to an aromatic ring is 1. The first-order chi connectivity index (χ1) is 15.5. The summed E-state index contributed by atoms with van der Waals surface area (Å²) in [6.45, 7) is 0. The summed E-state index contributed by atoms with van der Waals surface area (Å²) >= 11 is 0. The number of aromatic nitrogens is 6. The van der Waals surface area contributed by atoms with Crippen molar-refractivity contribution in [2.75, 3.05) is 5.73 Å². The van der Waals surface area contributed by atoms with Crippen LogP contribution in [-0.2, 0) is 12.8 Å². The Hall–Kier alpha value is -4.41. The summed E-state index contributed by atoms with van der Waals surface area (Å²) in [5, 5.41) is 4.30. The van der Waals surface area contributed by atoms with Crippen LogP contribution in [0.3, 0.4) is 0 Å². The lowest BCUT2D eigenvalue weighted by Gasteiger charge is -2.09. The molecular formula is C21H15F2N7O2. The van der Waals surface area contributed by atoms with Crippen molar-refractivity contribution in [3.05, 3.63) is 93.5 Å². The average molecular weight is 435 g/mol. The van der Waals surface area contributed by atoms with Gasteiger partial charge in [-0.3, -0.25) is 4.79 Å². The SMILES string of the molecule is Nc1nc(-c2ncco2)c(Cc2ccc(=O)[nH]c2)c2nc(Cc3c(F)cccc3F)nn12. The third-order valence-electron chi connectivity index (χ3n) is 4.91. The van der Waals surface area contributed by atoms with E-state index in [0.717, 1.165) is 5.56 Å². The second-order valence-corrected chi connectivity index (χ2v) is 7.01. The van der Waals surface area contributed by atoms with Crippen molar-refractivity contribution in [2.24, 2.45) is 0 Å². The average Bonchev–Trinajstić information content (AvgIpc) is 3.45. The molecular weight excluding hydrogens is 420 g/mol. The van der Waals surface area contributed by atoms with Gasteiger partial charge >= 0.3 is 0 Å². The summed E-state index contributed by atoms with van der Waals surface area (Å²) in [6.07, 6.45) is 4.55. The van der Waals surface area contributed by atoms with E-state index >= 15 is 0 Å². The van der Waals surface area contributed by atoms with Crippen LogP contribution in [0.25, 0.3) is 17.2 Å². The number of rotatable bonds is 5. The van der Waals surface area contributed by atoms with Crippen molar-refractivity contribution in [1.82, 2.24) is 29.5 Å². The molecule has 11 heteroatoms. The molecule has 0 aliphatic heterocycles. The molecule has 0 saturated carbocycles. The number of halogens is 2. The van der Waals surface area contributed by atoms with E-state index in [1.165, 1.54) is 41.2 Å². The highest BCUT2D eigenvalue weighted by Crippen LogP contribution is 2.28. The van der Waals surface area contributed by atoms with Crippen LogP contribution in [0.15, 0.2) is 58.2 Å². The van der Waals surface area contributed by atoms with Crippen LogP contribution in [0, 0.1) is 11.6 Å². The summed E-state index contributed by atoms with van der Waals surface area (Å²) < 4.78 is 35.0. The maximum Gasteiger partial charge on any atom is 0.247 e. The first-order valence-electron chi connectivity index (χ1n) is 9.54. The zero-order valence-electron chi connectivity index (χ0n) is 16.4. The second kappa shape index (κ2) is 7.69. The predicted molar refractivity (Wildman–Crippen MR) is 110 cm³/mol. The minimum absolute atomic E-state index is 0.00572. The highest BCUT2D eigenvalue weighted by Gasteiger charge is 2.22. The lowest BCUT2D eigenvalue weighted by molar-refractivity contribution is 0.559. The van der Waals surface area contributed by atoms with Gasteiger partial charge in [0, 0.05) is 36.2 Å². The molecule has 3 N–H and O–H groups in total. The summed E-state index contributed by atoms with van der Waals surface area (Å²) in [6, 6.07) is 6.70. The van der Waals surface area contributed by atoms with Gasteiger partial charge in [0.2, 0.25) is 17.4 Å². The molecule has 5 aromatic rings. The van der Waals surface area contributed by atoms with Crippen molar-refractivity contribution >= 4 is 11.6 Å². The Morgan fingerprint density at radius 1 is 1.06 bits per heavy atom. The van der Waals surface area contributed by atoms with Crippen LogP contribution in [0.4, 0.5) is 14.7 Å². The molecule has 0 unspecified atom stereocenters. The van der Waals surface area contributed by atoms with Gasteiger partial charge in [-0.1, -0.05) is 12.1 Å². The van der Waals surface area contributed by atoms with Crippen LogP contribution in [0.2, 0.25) is 0 Å². The maximum absolute atomic E-state index is 14.1. The molecule has 32 heavy (non-hydrogen) atoms. The lowest BCUT2D eigenvalue weighted by Crippen LogP contribution is -2.09. The Kier molecular flexibility index (Phi) is 4.70. The van der Waals surface area contributed by atoms with Crippen LogP contribution in [0.5, 0.6) is 0 Å². The fourth-order valence-corrected chi connectivity index (χ4v) is 3.42. The molecule has 0 aliphatic rings. The highest BCUT2D eigenvalue weighted by molar-refractivity contribution is 5.67. The first kappa shape index (κ1) is 19.5. The van der Waals surface area contributed by atoms with Crippen LogP contribution in [0.1, 0.15) is 22.5 Å². The molecule has 160 valence electrons. The zero-order chi connectivity index (χ0) is 22.2. The van der Waals surface area contributed by atoms with Crippen LogP contribution in [-0.4, -0.2) is 29.5 Å². The van der Waals surface area contributed by atoms with Gasteiger partial charge in [-0.2, -0.15) is 4.52 Å². The molecule has 5 rings (SSSR count). The zero-order valence-corrected chi connectivity index (χ0v) is 16.4. The number of anilines is 1. The molecule has 0 amide bonds. The van der Waals surface area contributed by atoms with Crippen molar-refractivity contribution in [3.63, 3.8) is 0 Å². The fraction of sp³-hybridized carbons (Fsp3) is 0.0952. The number of H-pyrrole nitrogens is 1. The number of fused-ring (bicyclic) bond motifs is 1. The first-order valence-corrected chi connectivity index (χ1v) is 9.54. The lowest BCUT2D eigenvalue weighted by atomic mass is 10.1. The smallest absolute Gasteiger partial charge is 0.247 e. The van der Waals surface area contributed by atoms with Gasteiger partial charge < -0.3 is 15.1 Å². The van der Waals surface area contributed by atoms with E-state index in [4.69, 9.17) is 10.2 Å². The summed E-state index contributed by atoms with van der Waals surface area (Å²) in [5.41, 5.74) is 7.73. The Bertz CT molecular complexity index is 1450. The van der Waals surface area contributed by atoms with Gasteiger partial charge in [0.25, 0.3) is 0 Å². The topological polar surface area (TPSA) is 128 Å². The number of benzene rings is 1. The molecule has 9 nitrogen and oxygen atoms in total. The van der Waals surface area contributed by atoms with Crippen molar-refractivity contribution < 1.29 is 13.2 Å². The Labute approximate surface area is 178 Å². The van der Waals surface area contributed by atoms with Gasteiger partial charge in [-0.05, 0) is 17.7 Å². The molecule has 0 bridgehead atoms. The number of nitrogens with one attached hydrogen (secondary N) is 1. The van der Waals surface area contributed by atoms with Crippen molar-refractivity contribution in [3.8, 4) is 11.6 Å². The Balaban J connectivity index is 1.67.